The van der Waals surface area contributed by atoms with Gasteiger partial charge in [0, 0.05) is 5.54 Å². The van der Waals surface area contributed by atoms with Crippen LogP contribution in [0.15, 0.2) is 0 Å². The Hall–Kier alpha value is -0.0400. The molecule has 1 heteroatoms. The zero-order valence-electron chi connectivity index (χ0n) is 14.2. The Morgan fingerprint density at radius 1 is 0.632 bits per heavy atom. The fourth-order valence-electron chi connectivity index (χ4n) is 2.79. The minimum Gasteiger partial charge on any atom is -0.312 e. The van der Waals surface area contributed by atoms with Gasteiger partial charge in [0.15, 0.2) is 0 Å². The predicted octanol–water partition coefficient (Wildman–Crippen LogP) is 6.08. The van der Waals surface area contributed by atoms with E-state index < -0.39 is 0 Å². The van der Waals surface area contributed by atoms with E-state index in [4.69, 9.17) is 0 Å². The van der Waals surface area contributed by atoms with Crippen molar-refractivity contribution in [3.63, 3.8) is 0 Å². The van der Waals surface area contributed by atoms with Crippen LogP contribution in [0, 0.1) is 0 Å². The van der Waals surface area contributed by atoms with E-state index in [9.17, 15) is 0 Å². The summed E-state index contributed by atoms with van der Waals surface area (Å²) < 4.78 is 0. The lowest BCUT2D eigenvalue weighted by Gasteiger charge is -2.31. The molecule has 1 atom stereocenters. The van der Waals surface area contributed by atoms with Gasteiger partial charge in [0.25, 0.3) is 0 Å². The highest BCUT2D eigenvalue weighted by Crippen LogP contribution is 2.22. The van der Waals surface area contributed by atoms with Crippen molar-refractivity contribution in [2.75, 3.05) is 6.54 Å². The van der Waals surface area contributed by atoms with Crippen molar-refractivity contribution in [1.82, 2.24) is 5.32 Å². The molecule has 19 heavy (non-hydrogen) atoms. The molecule has 0 aliphatic heterocycles. The number of hydrogen-bond donors (Lipinski definition) is 1. The van der Waals surface area contributed by atoms with Gasteiger partial charge in [0.2, 0.25) is 0 Å². The Morgan fingerprint density at radius 3 is 1.58 bits per heavy atom. The van der Waals surface area contributed by atoms with Crippen molar-refractivity contribution in [3.8, 4) is 0 Å². The summed E-state index contributed by atoms with van der Waals surface area (Å²) in [5.41, 5.74) is 0.399. The molecule has 0 rings (SSSR count). The van der Waals surface area contributed by atoms with Gasteiger partial charge < -0.3 is 5.32 Å². The van der Waals surface area contributed by atoms with Crippen molar-refractivity contribution in [1.29, 1.82) is 0 Å². The topological polar surface area (TPSA) is 12.0 Å². The zero-order valence-corrected chi connectivity index (χ0v) is 14.2. The van der Waals surface area contributed by atoms with E-state index in [0.29, 0.717) is 5.54 Å². The second-order valence-electron chi connectivity index (χ2n) is 6.46. The van der Waals surface area contributed by atoms with Crippen molar-refractivity contribution in [2.45, 2.75) is 110 Å². The van der Waals surface area contributed by atoms with Crippen LogP contribution in [-0.2, 0) is 0 Å². The summed E-state index contributed by atoms with van der Waals surface area (Å²) in [6.07, 6.45) is 16.5. The molecule has 0 spiro atoms. The first kappa shape index (κ1) is 19.0. The zero-order chi connectivity index (χ0) is 14.4. The standard InChI is InChI=1S/C18H39N/c1-5-8-10-12-14-16-18(4,19-17-7-3)15-13-11-9-6-2/h19H,5-17H2,1-4H3. The predicted molar refractivity (Wildman–Crippen MR) is 88.8 cm³/mol. The largest absolute Gasteiger partial charge is 0.312 e. The summed E-state index contributed by atoms with van der Waals surface area (Å²) in [5.74, 6) is 0. The Kier molecular flexibility index (Phi) is 12.9. The highest BCUT2D eigenvalue weighted by molar-refractivity contribution is 4.82. The minimum absolute atomic E-state index is 0.399. The molecule has 0 aromatic rings. The van der Waals surface area contributed by atoms with Crippen LogP contribution in [0.4, 0.5) is 0 Å². The molecule has 0 amide bonds. The third-order valence-corrected chi connectivity index (χ3v) is 4.22. The minimum atomic E-state index is 0.399. The Balaban J connectivity index is 3.88. The third-order valence-electron chi connectivity index (χ3n) is 4.22. The van der Waals surface area contributed by atoms with Crippen molar-refractivity contribution < 1.29 is 0 Å². The molecule has 0 bridgehead atoms. The molecule has 1 nitrogen and oxygen atoms in total. The lowest BCUT2D eigenvalue weighted by Crippen LogP contribution is -2.42. The lowest BCUT2D eigenvalue weighted by atomic mass is 9.88. The van der Waals surface area contributed by atoms with E-state index >= 15 is 0 Å². The molecule has 0 radical (unpaired) electrons. The third kappa shape index (κ3) is 11.5. The summed E-state index contributed by atoms with van der Waals surface area (Å²) >= 11 is 0. The maximum absolute atomic E-state index is 3.81. The summed E-state index contributed by atoms with van der Waals surface area (Å²) in [6.45, 7) is 10.5. The van der Waals surface area contributed by atoms with Gasteiger partial charge in [-0.1, -0.05) is 78.6 Å². The van der Waals surface area contributed by atoms with Crippen molar-refractivity contribution >= 4 is 0 Å². The van der Waals surface area contributed by atoms with Gasteiger partial charge in [-0.2, -0.15) is 0 Å². The molecule has 116 valence electrons. The number of unbranched alkanes of at least 4 members (excludes halogenated alkanes) is 7. The van der Waals surface area contributed by atoms with Crippen LogP contribution in [0.5, 0.6) is 0 Å². The van der Waals surface area contributed by atoms with E-state index in [1.807, 2.05) is 0 Å². The van der Waals surface area contributed by atoms with E-state index in [1.165, 1.54) is 83.6 Å². The molecule has 0 aliphatic carbocycles. The van der Waals surface area contributed by atoms with Crippen LogP contribution in [0.1, 0.15) is 105 Å². The summed E-state index contributed by atoms with van der Waals surface area (Å²) in [4.78, 5) is 0. The molecule has 0 saturated carbocycles. The summed E-state index contributed by atoms with van der Waals surface area (Å²) in [6, 6.07) is 0. The fraction of sp³-hybridized carbons (Fsp3) is 1.00. The SMILES string of the molecule is CCCCCCCC(C)(CCCCCC)NCCC. The molecule has 0 heterocycles. The van der Waals surface area contributed by atoms with Gasteiger partial charge in [-0.15, -0.1) is 0 Å². The maximum atomic E-state index is 3.81. The van der Waals surface area contributed by atoms with Gasteiger partial charge in [0.05, 0.1) is 0 Å². The van der Waals surface area contributed by atoms with Crippen molar-refractivity contribution in [2.24, 2.45) is 0 Å². The molecule has 0 aliphatic rings. The molecule has 0 aromatic heterocycles. The van der Waals surface area contributed by atoms with Gasteiger partial charge in [-0.05, 0) is 32.7 Å². The Morgan fingerprint density at radius 2 is 1.11 bits per heavy atom. The van der Waals surface area contributed by atoms with E-state index in [0.717, 1.165) is 0 Å². The molecule has 1 N–H and O–H groups in total. The monoisotopic (exact) mass is 269 g/mol. The Labute approximate surface area is 122 Å². The van der Waals surface area contributed by atoms with Gasteiger partial charge in [-0.3, -0.25) is 0 Å². The molecular weight excluding hydrogens is 230 g/mol. The highest BCUT2D eigenvalue weighted by Gasteiger charge is 2.21. The Bertz CT molecular complexity index is 179. The van der Waals surface area contributed by atoms with Crippen LogP contribution in [0.3, 0.4) is 0 Å². The van der Waals surface area contributed by atoms with Crippen LogP contribution in [0.25, 0.3) is 0 Å². The number of nitrogens with one attached hydrogen (secondary N) is 1. The number of hydrogen-bond acceptors (Lipinski definition) is 1. The van der Waals surface area contributed by atoms with Crippen LogP contribution < -0.4 is 5.32 Å². The smallest absolute Gasteiger partial charge is 0.0153 e. The normalized spacial score (nSPS) is 14.5. The molecule has 0 saturated heterocycles. The van der Waals surface area contributed by atoms with Crippen LogP contribution in [-0.4, -0.2) is 12.1 Å². The lowest BCUT2D eigenvalue weighted by molar-refractivity contribution is 0.288. The van der Waals surface area contributed by atoms with Gasteiger partial charge in [-0.25, -0.2) is 0 Å². The average molecular weight is 270 g/mol. The molecule has 0 aromatic carbocycles. The van der Waals surface area contributed by atoms with E-state index in [1.54, 1.807) is 0 Å². The second-order valence-corrected chi connectivity index (χ2v) is 6.46. The first-order valence-corrected chi connectivity index (χ1v) is 8.93. The first-order valence-electron chi connectivity index (χ1n) is 8.93. The average Bonchev–Trinajstić information content (AvgIpc) is 2.41. The van der Waals surface area contributed by atoms with E-state index in [2.05, 4.69) is 33.0 Å². The van der Waals surface area contributed by atoms with Crippen LogP contribution in [0.2, 0.25) is 0 Å². The number of rotatable bonds is 14. The molecular formula is C18H39N. The van der Waals surface area contributed by atoms with Crippen molar-refractivity contribution in [3.05, 3.63) is 0 Å². The quantitative estimate of drug-likeness (QED) is 0.377. The summed E-state index contributed by atoms with van der Waals surface area (Å²) in [7, 11) is 0. The maximum Gasteiger partial charge on any atom is 0.0153 e. The molecule has 0 fully saturated rings. The van der Waals surface area contributed by atoms with E-state index in [-0.39, 0.29) is 0 Å². The van der Waals surface area contributed by atoms with Gasteiger partial charge in [0.1, 0.15) is 0 Å². The summed E-state index contributed by atoms with van der Waals surface area (Å²) in [5, 5.41) is 3.81. The fourth-order valence-corrected chi connectivity index (χ4v) is 2.79. The second kappa shape index (κ2) is 13.0. The van der Waals surface area contributed by atoms with Crippen LogP contribution >= 0.6 is 0 Å². The first-order chi connectivity index (χ1) is 9.18. The highest BCUT2D eigenvalue weighted by atomic mass is 15.0. The van der Waals surface area contributed by atoms with Gasteiger partial charge >= 0.3 is 0 Å². The molecule has 1 unspecified atom stereocenters.